The Kier molecular flexibility index (Phi) is 2.95. The molecule has 0 bridgehead atoms. The first-order valence-electron chi connectivity index (χ1n) is 2.95. The van der Waals surface area contributed by atoms with Gasteiger partial charge >= 0.3 is 0 Å². The Balaban J connectivity index is 3.53. The van der Waals surface area contributed by atoms with E-state index in [-0.39, 0.29) is 10.7 Å². The van der Waals surface area contributed by atoms with Crippen LogP contribution in [-0.2, 0) is 0 Å². The van der Waals surface area contributed by atoms with Gasteiger partial charge in [0.15, 0.2) is 11.0 Å². The number of hydrogen-bond acceptors (Lipinski definition) is 3. The molecule has 1 aromatic rings. The summed E-state index contributed by atoms with van der Waals surface area (Å²) in [6.45, 7) is 0. The molecule has 0 fully saturated rings. The lowest BCUT2D eigenvalue weighted by atomic mass is 10.2. The van der Waals surface area contributed by atoms with Crippen LogP contribution in [0.2, 0.25) is 10.3 Å². The average Bonchev–Trinajstić information content (AvgIpc) is 1.99. The van der Waals surface area contributed by atoms with Crippen molar-refractivity contribution in [2.45, 2.75) is 0 Å². The van der Waals surface area contributed by atoms with Gasteiger partial charge in [-0.15, -0.1) is 0 Å². The van der Waals surface area contributed by atoms with Crippen molar-refractivity contribution in [1.29, 1.82) is 0 Å². The fourth-order valence-corrected chi connectivity index (χ4v) is 1.45. The zero-order valence-electron chi connectivity index (χ0n) is 5.94. The number of carbonyl (C=O) groups is 1. The van der Waals surface area contributed by atoms with Crippen LogP contribution in [0.25, 0.3) is 0 Å². The fourth-order valence-electron chi connectivity index (χ4n) is 0.710. The van der Waals surface area contributed by atoms with Crippen molar-refractivity contribution in [1.82, 2.24) is 4.98 Å². The van der Waals surface area contributed by atoms with Gasteiger partial charge in [0.25, 0.3) is 5.24 Å². The molecule has 1 heterocycles. The third kappa shape index (κ3) is 1.85. The summed E-state index contributed by atoms with van der Waals surface area (Å²) in [4.78, 5) is 14.0. The van der Waals surface area contributed by atoms with Crippen molar-refractivity contribution in [2.24, 2.45) is 0 Å². The van der Waals surface area contributed by atoms with E-state index in [0.29, 0.717) is 0 Å². The lowest BCUT2D eigenvalue weighted by Gasteiger charge is -2.04. The highest BCUT2D eigenvalue weighted by Gasteiger charge is 2.19. The van der Waals surface area contributed by atoms with Crippen LogP contribution >= 0.6 is 34.8 Å². The Morgan fingerprint density at radius 2 is 1.92 bits per heavy atom. The minimum Gasteiger partial charge on any atom is -0.396 e. The summed E-state index contributed by atoms with van der Waals surface area (Å²) in [6.07, 6.45) is 0. The molecule has 0 saturated heterocycles. The Hall–Kier alpha value is -0.580. The Labute approximate surface area is 87.6 Å². The summed E-state index contributed by atoms with van der Waals surface area (Å²) in [7, 11) is 0. The normalized spacial score (nSPS) is 10.2. The Morgan fingerprint density at radius 1 is 1.38 bits per heavy atom. The van der Waals surface area contributed by atoms with Crippen LogP contribution in [0.5, 0.6) is 0 Å². The van der Waals surface area contributed by atoms with E-state index in [9.17, 15) is 9.18 Å². The summed E-state index contributed by atoms with van der Waals surface area (Å²) < 4.78 is 12.9. The molecule has 0 aliphatic rings. The highest BCUT2D eigenvalue weighted by atomic mass is 35.5. The lowest BCUT2D eigenvalue weighted by Crippen LogP contribution is -2.04. The second kappa shape index (κ2) is 3.65. The van der Waals surface area contributed by atoms with Gasteiger partial charge in [0.1, 0.15) is 5.15 Å². The molecule has 0 atom stereocenters. The molecule has 1 rings (SSSR count). The van der Waals surface area contributed by atoms with E-state index in [0.717, 1.165) is 0 Å². The number of nitrogens with two attached hydrogens (primary N) is 1. The molecular formula is C6H2Cl3FN2O. The number of carbonyl (C=O) groups excluding carboxylic acids is 1. The van der Waals surface area contributed by atoms with Gasteiger partial charge in [-0.25, -0.2) is 9.37 Å². The Bertz CT molecular complexity index is 383. The molecule has 3 nitrogen and oxygen atoms in total. The molecule has 0 unspecified atom stereocenters. The van der Waals surface area contributed by atoms with E-state index in [2.05, 4.69) is 4.98 Å². The van der Waals surface area contributed by atoms with Crippen LogP contribution in [0.1, 0.15) is 10.4 Å². The van der Waals surface area contributed by atoms with Gasteiger partial charge in [0.05, 0.1) is 11.3 Å². The molecule has 0 amide bonds. The maximum absolute atomic E-state index is 12.9. The zero-order chi connectivity index (χ0) is 10.2. The summed E-state index contributed by atoms with van der Waals surface area (Å²) in [6, 6.07) is 0. The number of hydrogen-bond donors (Lipinski definition) is 1. The molecule has 13 heavy (non-hydrogen) atoms. The number of aromatic nitrogens is 1. The molecule has 70 valence electrons. The molecule has 1 aromatic heterocycles. The van der Waals surface area contributed by atoms with E-state index in [1.54, 1.807) is 0 Å². The quantitative estimate of drug-likeness (QED) is 0.609. The van der Waals surface area contributed by atoms with Crippen molar-refractivity contribution in [3.63, 3.8) is 0 Å². The summed E-state index contributed by atoms with van der Waals surface area (Å²) in [5.41, 5.74) is 4.33. The van der Waals surface area contributed by atoms with E-state index in [4.69, 9.17) is 40.5 Å². The molecule has 7 heteroatoms. The van der Waals surface area contributed by atoms with Gasteiger partial charge in [-0.2, -0.15) is 0 Å². The third-order valence-electron chi connectivity index (χ3n) is 1.29. The van der Waals surface area contributed by atoms with E-state index in [1.165, 1.54) is 0 Å². The first kappa shape index (κ1) is 10.5. The fraction of sp³-hybridized carbons (Fsp3) is 0. The van der Waals surface area contributed by atoms with Crippen LogP contribution in [0.15, 0.2) is 0 Å². The monoisotopic (exact) mass is 242 g/mol. The predicted octanol–water partition coefficient (Wildman–Crippen LogP) is 2.49. The van der Waals surface area contributed by atoms with E-state index >= 15 is 0 Å². The van der Waals surface area contributed by atoms with Crippen molar-refractivity contribution in [3.05, 3.63) is 21.7 Å². The number of halogens is 4. The van der Waals surface area contributed by atoms with Gasteiger partial charge in [-0.3, -0.25) is 4.79 Å². The second-order valence-corrected chi connectivity index (χ2v) is 3.13. The van der Waals surface area contributed by atoms with Gasteiger partial charge in [0, 0.05) is 0 Å². The topological polar surface area (TPSA) is 56.0 Å². The Morgan fingerprint density at radius 3 is 2.38 bits per heavy atom. The molecule has 0 saturated carbocycles. The minimum atomic E-state index is -1.00. The number of pyridine rings is 1. The zero-order valence-corrected chi connectivity index (χ0v) is 8.21. The van der Waals surface area contributed by atoms with E-state index in [1.807, 2.05) is 0 Å². The summed E-state index contributed by atoms with van der Waals surface area (Å²) in [5.74, 6) is -1.00. The highest BCUT2D eigenvalue weighted by molar-refractivity contribution is 6.69. The van der Waals surface area contributed by atoms with Crippen LogP contribution in [0.4, 0.5) is 10.1 Å². The number of rotatable bonds is 1. The van der Waals surface area contributed by atoms with Crippen LogP contribution in [-0.4, -0.2) is 10.2 Å². The molecular weight excluding hydrogens is 241 g/mol. The van der Waals surface area contributed by atoms with Crippen LogP contribution < -0.4 is 5.73 Å². The van der Waals surface area contributed by atoms with Crippen molar-refractivity contribution in [3.8, 4) is 0 Å². The van der Waals surface area contributed by atoms with Crippen molar-refractivity contribution >= 4 is 45.7 Å². The van der Waals surface area contributed by atoms with Crippen LogP contribution in [0, 0.1) is 5.82 Å². The summed E-state index contributed by atoms with van der Waals surface area (Å²) >= 11 is 15.8. The highest BCUT2D eigenvalue weighted by Crippen LogP contribution is 2.28. The average molecular weight is 243 g/mol. The van der Waals surface area contributed by atoms with Crippen molar-refractivity contribution in [2.75, 3.05) is 5.73 Å². The number of anilines is 1. The number of nitrogens with zero attached hydrogens (tertiary/aromatic N) is 1. The molecule has 0 aliphatic heterocycles. The maximum atomic E-state index is 12.9. The first-order chi connectivity index (χ1) is 5.95. The third-order valence-corrected chi connectivity index (χ3v) is 2.00. The van der Waals surface area contributed by atoms with Gasteiger partial charge < -0.3 is 5.73 Å². The molecule has 2 N–H and O–H groups in total. The standard InChI is InChI=1S/C6H2Cl3FN2O/c7-4-1(6(9)13)3(11)2(10)5(8)12-4/h(H2,11,12). The molecule has 0 aromatic carbocycles. The molecule has 0 spiro atoms. The maximum Gasteiger partial charge on any atom is 0.257 e. The van der Waals surface area contributed by atoms with Gasteiger partial charge in [-0.05, 0) is 11.6 Å². The number of nitrogen functional groups attached to an aromatic ring is 1. The van der Waals surface area contributed by atoms with E-state index < -0.39 is 21.9 Å². The predicted molar refractivity (Wildman–Crippen MR) is 48.8 cm³/mol. The van der Waals surface area contributed by atoms with Crippen LogP contribution in [0.3, 0.4) is 0 Å². The SMILES string of the molecule is Nc1c(F)c(Cl)nc(Cl)c1C(=O)Cl. The second-order valence-electron chi connectivity index (χ2n) is 2.07. The first-order valence-corrected chi connectivity index (χ1v) is 4.08. The van der Waals surface area contributed by atoms with Crippen molar-refractivity contribution < 1.29 is 9.18 Å². The van der Waals surface area contributed by atoms with Gasteiger partial charge in [0.2, 0.25) is 0 Å². The molecule has 0 aliphatic carbocycles. The largest absolute Gasteiger partial charge is 0.396 e. The smallest absolute Gasteiger partial charge is 0.257 e. The van der Waals surface area contributed by atoms with Gasteiger partial charge in [-0.1, -0.05) is 23.2 Å². The minimum absolute atomic E-state index is 0.316. The summed E-state index contributed by atoms with van der Waals surface area (Å²) in [5, 5.41) is -1.79. The lowest BCUT2D eigenvalue weighted by molar-refractivity contribution is 0.108. The molecule has 0 radical (unpaired) electrons.